The summed E-state index contributed by atoms with van der Waals surface area (Å²) in [6, 6.07) is 0. The van der Waals surface area contributed by atoms with Gasteiger partial charge in [-0.05, 0) is 33.1 Å². The van der Waals surface area contributed by atoms with Gasteiger partial charge in [0, 0.05) is 37.8 Å². The van der Waals surface area contributed by atoms with Crippen molar-refractivity contribution in [3.8, 4) is 0 Å². The molecule has 1 N–H and O–H groups in total. The van der Waals surface area contributed by atoms with Gasteiger partial charge in [-0.15, -0.1) is 0 Å². The third kappa shape index (κ3) is 3.03. The molecule has 1 aliphatic rings. The van der Waals surface area contributed by atoms with Gasteiger partial charge in [-0.25, -0.2) is 9.97 Å². The number of carbonyl (C=O) groups is 1. The molecule has 0 aliphatic carbocycles. The lowest BCUT2D eigenvalue weighted by Gasteiger charge is -2.20. The van der Waals surface area contributed by atoms with Crippen LogP contribution < -0.4 is 10.2 Å². The Hall–Kier alpha value is -1.65. The maximum absolute atomic E-state index is 11.4. The van der Waals surface area contributed by atoms with E-state index in [0.717, 1.165) is 42.4 Å². The molecule has 1 aromatic heterocycles. The van der Waals surface area contributed by atoms with E-state index < -0.39 is 0 Å². The Morgan fingerprint density at radius 2 is 2.11 bits per heavy atom. The minimum absolute atomic E-state index is 0.124. The summed E-state index contributed by atoms with van der Waals surface area (Å²) in [5.74, 6) is 2.39. The molecule has 1 aromatic rings. The fraction of sp³-hybridized carbons (Fsp3) is 0.643. The summed E-state index contributed by atoms with van der Waals surface area (Å²) in [6.07, 6.45) is 1.66. The first-order valence-corrected chi connectivity index (χ1v) is 6.78. The van der Waals surface area contributed by atoms with Crippen LogP contribution in [0.3, 0.4) is 0 Å². The van der Waals surface area contributed by atoms with Crippen LogP contribution in [-0.2, 0) is 4.79 Å². The molecule has 1 atom stereocenters. The fourth-order valence-corrected chi connectivity index (χ4v) is 2.61. The van der Waals surface area contributed by atoms with Gasteiger partial charge in [0.05, 0.1) is 0 Å². The van der Waals surface area contributed by atoms with E-state index in [9.17, 15) is 4.79 Å². The maximum Gasteiger partial charge on any atom is 0.220 e. The number of anilines is 1. The van der Waals surface area contributed by atoms with Gasteiger partial charge in [0.25, 0.3) is 0 Å². The number of hydrogen-bond donors (Lipinski definition) is 1. The van der Waals surface area contributed by atoms with E-state index in [2.05, 4.69) is 27.1 Å². The summed E-state index contributed by atoms with van der Waals surface area (Å²) in [7, 11) is 1.69. The van der Waals surface area contributed by atoms with Crippen LogP contribution in [0.2, 0.25) is 0 Å². The number of hydrogen-bond acceptors (Lipinski definition) is 4. The molecule has 0 spiro atoms. The molecule has 2 heterocycles. The molecular formula is C14H22N4O. The van der Waals surface area contributed by atoms with E-state index >= 15 is 0 Å². The molecule has 1 amide bonds. The second-order valence-electron chi connectivity index (χ2n) is 5.28. The van der Waals surface area contributed by atoms with Crippen molar-refractivity contribution in [2.45, 2.75) is 33.6 Å². The van der Waals surface area contributed by atoms with Crippen molar-refractivity contribution in [1.29, 1.82) is 0 Å². The Balaban J connectivity index is 2.11. The van der Waals surface area contributed by atoms with E-state index in [0.29, 0.717) is 12.3 Å². The molecule has 2 rings (SSSR count). The highest BCUT2D eigenvalue weighted by Gasteiger charge is 2.26. The lowest BCUT2D eigenvalue weighted by Crippen LogP contribution is -2.25. The first kappa shape index (κ1) is 13.8. The summed E-state index contributed by atoms with van der Waals surface area (Å²) in [4.78, 5) is 22.7. The van der Waals surface area contributed by atoms with Crippen LogP contribution in [0.1, 0.15) is 29.9 Å². The quantitative estimate of drug-likeness (QED) is 0.893. The van der Waals surface area contributed by atoms with Crippen LogP contribution in [0.15, 0.2) is 0 Å². The molecule has 5 heteroatoms. The summed E-state index contributed by atoms with van der Waals surface area (Å²) in [5.41, 5.74) is 2.18. The van der Waals surface area contributed by atoms with E-state index in [4.69, 9.17) is 0 Å². The van der Waals surface area contributed by atoms with Crippen LogP contribution in [-0.4, -0.2) is 36.0 Å². The number of nitrogens with zero attached hydrogens (tertiary/aromatic N) is 3. The molecule has 0 radical (unpaired) electrons. The van der Waals surface area contributed by atoms with Crippen molar-refractivity contribution in [1.82, 2.24) is 15.3 Å². The molecule has 0 aromatic carbocycles. The van der Waals surface area contributed by atoms with Gasteiger partial charge in [0.1, 0.15) is 11.6 Å². The van der Waals surface area contributed by atoms with Crippen molar-refractivity contribution in [3.63, 3.8) is 0 Å². The van der Waals surface area contributed by atoms with Gasteiger partial charge in [-0.3, -0.25) is 4.79 Å². The fourth-order valence-electron chi connectivity index (χ4n) is 2.61. The number of amides is 1. The monoisotopic (exact) mass is 262 g/mol. The summed E-state index contributed by atoms with van der Waals surface area (Å²) < 4.78 is 0. The Kier molecular flexibility index (Phi) is 4.02. The van der Waals surface area contributed by atoms with Crippen LogP contribution in [0.25, 0.3) is 0 Å². The number of aromatic nitrogens is 2. The summed E-state index contributed by atoms with van der Waals surface area (Å²) >= 11 is 0. The Morgan fingerprint density at radius 3 is 2.79 bits per heavy atom. The van der Waals surface area contributed by atoms with Crippen molar-refractivity contribution < 1.29 is 4.79 Å². The largest absolute Gasteiger partial charge is 0.359 e. The second kappa shape index (κ2) is 5.55. The zero-order valence-corrected chi connectivity index (χ0v) is 12.2. The molecule has 5 nitrogen and oxygen atoms in total. The number of aryl methyl sites for hydroxylation is 2. The van der Waals surface area contributed by atoms with Gasteiger partial charge < -0.3 is 10.2 Å². The molecular weight excluding hydrogens is 240 g/mol. The van der Waals surface area contributed by atoms with Gasteiger partial charge in [0.2, 0.25) is 5.91 Å². The zero-order valence-electron chi connectivity index (χ0n) is 12.2. The highest BCUT2D eigenvalue weighted by molar-refractivity contribution is 5.76. The second-order valence-corrected chi connectivity index (χ2v) is 5.28. The smallest absolute Gasteiger partial charge is 0.220 e. The van der Waals surface area contributed by atoms with Crippen molar-refractivity contribution in [2.24, 2.45) is 5.92 Å². The van der Waals surface area contributed by atoms with Crippen LogP contribution >= 0.6 is 0 Å². The van der Waals surface area contributed by atoms with E-state index in [1.807, 2.05) is 13.8 Å². The predicted molar refractivity (Wildman–Crippen MR) is 75.2 cm³/mol. The van der Waals surface area contributed by atoms with E-state index in [-0.39, 0.29) is 5.91 Å². The highest BCUT2D eigenvalue weighted by Crippen LogP contribution is 2.27. The molecule has 1 saturated heterocycles. The standard InChI is InChI=1S/C14H22N4O/c1-9-10(2)16-11(3)17-14(9)18-6-5-12(8-18)7-13(19)15-4/h12H,5-8H2,1-4H3,(H,15,19). The zero-order chi connectivity index (χ0) is 14.0. The third-order valence-corrected chi connectivity index (χ3v) is 3.81. The van der Waals surface area contributed by atoms with Gasteiger partial charge >= 0.3 is 0 Å². The van der Waals surface area contributed by atoms with Gasteiger partial charge in [-0.1, -0.05) is 0 Å². The SMILES string of the molecule is CNC(=O)CC1CCN(c2nc(C)nc(C)c2C)C1. The molecule has 1 unspecified atom stereocenters. The van der Waals surface area contributed by atoms with E-state index in [1.54, 1.807) is 7.05 Å². The Morgan fingerprint density at radius 1 is 1.37 bits per heavy atom. The summed E-state index contributed by atoms with van der Waals surface area (Å²) in [6.45, 7) is 7.89. The maximum atomic E-state index is 11.4. The van der Waals surface area contributed by atoms with Gasteiger partial charge in [-0.2, -0.15) is 0 Å². The minimum atomic E-state index is 0.124. The topological polar surface area (TPSA) is 58.1 Å². The lowest BCUT2D eigenvalue weighted by molar-refractivity contribution is -0.121. The molecule has 1 aliphatic heterocycles. The average Bonchev–Trinajstić information content (AvgIpc) is 2.81. The van der Waals surface area contributed by atoms with Gasteiger partial charge in [0.15, 0.2) is 0 Å². The Labute approximate surface area is 114 Å². The third-order valence-electron chi connectivity index (χ3n) is 3.81. The molecule has 0 saturated carbocycles. The van der Waals surface area contributed by atoms with Crippen LogP contribution in [0.5, 0.6) is 0 Å². The average molecular weight is 262 g/mol. The predicted octanol–water partition coefficient (Wildman–Crippen LogP) is 1.36. The van der Waals surface area contributed by atoms with Crippen LogP contribution in [0.4, 0.5) is 5.82 Å². The number of carbonyl (C=O) groups excluding carboxylic acids is 1. The lowest BCUT2D eigenvalue weighted by atomic mass is 10.0. The normalized spacial score (nSPS) is 18.7. The molecule has 0 bridgehead atoms. The van der Waals surface area contributed by atoms with Crippen LogP contribution in [0, 0.1) is 26.7 Å². The summed E-state index contributed by atoms with van der Waals surface area (Å²) in [5, 5.41) is 2.69. The van der Waals surface area contributed by atoms with Crippen molar-refractivity contribution in [2.75, 3.05) is 25.0 Å². The van der Waals surface area contributed by atoms with Crippen molar-refractivity contribution >= 4 is 11.7 Å². The number of nitrogens with one attached hydrogen (secondary N) is 1. The molecule has 104 valence electrons. The minimum Gasteiger partial charge on any atom is -0.359 e. The van der Waals surface area contributed by atoms with E-state index in [1.165, 1.54) is 0 Å². The first-order valence-electron chi connectivity index (χ1n) is 6.78. The molecule has 19 heavy (non-hydrogen) atoms. The first-order chi connectivity index (χ1) is 9.01. The number of rotatable bonds is 3. The van der Waals surface area contributed by atoms with Crippen molar-refractivity contribution in [3.05, 3.63) is 17.1 Å². The molecule has 1 fully saturated rings. The Bertz CT molecular complexity index is 487. The highest BCUT2D eigenvalue weighted by atomic mass is 16.1.